The lowest BCUT2D eigenvalue weighted by Gasteiger charge is -2.28. The summed E-state index contributed by atoms with van der Waals surface area (Å²) in [6, 6.07) is 29.4. The van der Waals surface area contributed by atoms with Crippen LogP contribution in [0.15, 0.2) is 91.1 Å². The molecule has 0 saturated carbocycles. The first-order valence-electron chi connectivity index (χ1n) is 10.2. The predicted molar refractivity (Wildman–Crippen MR) is 122 cm³/mol. The van der Waals surface area contributed by atoms with Gasteiger partial charge in [0, 0.05) is 41.2 Å². The summed E-state index contributed by atoms with van der Waals surface area (Å²) in [6.45, 7) is 0. The summed E-state index contributed by atoms with van der Waals surface area (Å²) in [7, 11) is 2.06. The molecule has 3 heteroatoms. The van der Waals surface area contributed by atoms with Crippen molar-refractivity contribution < 1.29 is 4.74 Å². The van der Waals surface area contributed by atoms with Crippen molar-refractivity contribution in [3.8, 4) is 0 Å². The lowest BCUT2D eigenvalue weighted by molar-refractivity contribution is 0.197. The standard InChI is InChI=1S/C27H20N2O/c1-29-15-7-12-24(29)27-22-16-20-14-13-18-8-5-6-11-21(18)26(20)28-23(22)17-25(30-27)19-9-3-2-4-10-19/h2-17,27H,1H3. The Kier molecular flexibility index (Phi) is 3.75. The van der Waals surface area contributed by atoms with E-state index < -0.39 is 0 Å². The average molecular weight is 388 g/mol. The van der Waals surface area contributed by atoms with Gasteiger partial charge in [-0.2, -0.15) is 0 Å². The minimum absolute atomic E-state index is 0.205. The van der Waals surface area contributed by atoms with Gasteiger partial charge in [-0.25, -0.2) is 4.98 Å². The van der Waals surface area contributed by atoms with Crippen molar-refractivity contribution in [2.75, 3.05) is 0 Å². The normalized spacial score (nSPS) is 15.6. The molecule has 0 bridgehead atoms. The second-order valence-electron chi connectivity index (χ2n) is 7.74. The topological polar surface area (TPSA) is 27.1 Å². The Morgan fingerprint density at radius 2 is 1.63 bits per heavy atom. The van der Waals surface area contributed by atoms with Crippen LogP contribution in [0.5, 0.6) is 0 Å². The van der Waals surface area contributed by atoms with E-state index in [0.29, 0.717) is 0 Å². The van der Waals surface area contributed by atoms with Crippen LogP contribution in [0.3, 0.4) is 0 Å². The molecule has 1 atom stereocenters. The molecule has 0 saturated heterocycles. The van der Waals surface area contributed by atoms with Crippen LogP contribution in [0, 0.1) is 0 Å². The predicted octanol–water partition coefficient (Wildman–Crippen LogP) is 6.34. The van der Waals surface area contributed by atoms with Gasteiger partial charge in [0.15, 0.2) is 6.10 Å². The molecule has 0 spiro atoms. The summed E-state index contributed by atoms with van der Waals surface area (Å²) in [5.41, 5.74) is 5.26. The summed E-state index contributed by atoms with van der Waals surface area (Å²) < 4.78 is 8.68. The Labute approximate surface area is 174 Å². The van der Waals surface area contributed by atoms with Crippen LogP contribution in [0.2, 0.25) is 0 Å². The van der Waals surface area contributed by atoms with E-state index in [4.69, 9.17) is 9.72 Å². The third kappa shape index (κ3) is 2.63. The van der Waals surface area contributed by atoms with Gasteiger partial charge in [0.25, 0.3) is 0 Å². The lowest BCUT2D eigenvalue weighted by atomic mass is 9.96. The van der Waals surface area contributed by atoms with Crippen molar-refractivity contribution in [2.24, 2.45) is 7.05 Å². The van der Waals surface area contributed by atoms with Crippen LogP contribution in [-0.4, -0.2) is 9.55 Å². The highest BCUT2D eigenvalue weighted by Gasteiger charge is 2.28. The Bertz CT molecular complexity index is 1430. The number of benzene rings is 3. The third-order valence-electron chi connectivity index (χ3n) is 5.88. The zero-order valence-corrected chi connectivity index (χ0v) is 16.6. The fourth-order valence-corrected chi connectivity index (χ4v) is 4.33. The zero-order chi connectivity index (χ0) is 20.1. The maximum absolute atomic E-state index is 6.56. The molecule has 1 unspecified atom stereocenters. The molecule has 1 aliphatic heterocycles. The van der Waals surface area contributed by atoms with Crippen molar-refractivity contribution in [2.45, 2.75) is 6.10 Å². The van der Waals surface area contributed by atoms with Crippen LogP contribution in [-0.2, 0) is 11.8 Å². The van der Waals surface area contributed by atoms with Gasteiger partial charge >= 0.3 is 0 Å². The molecule has 0 fully saturated rings. The molecular formula is C27H20N2O. The number of nitrogens with zero attached hydrogens (tertiary/aromatic N) is 2. The lowest BCUT2D eigenvalue weighted by Crippen LogP contribution is -2.15. The van der Waals surface area contributed by atoms with Crippen molar-refractivity contribution in [1.29, 1.82) is 0 Å². The fourth-order valence-electron chi connectivity index (χ4n) is 4.33. The van der Waals surface area contributed by atoms with Crippen LogP contribution in [0.1, 0.15) is 28.6 Å². The molecule has 3 heterocycles. The van der Waals surface area contributed by atoms with E-state index in [0.717, 1.165) is 39.2 Å². The fraction of sp³-hybridized carbons (Fsp3) is 0.0741. The number of pyridine rings is 1. The van der Waals surface area contributed by atoms with Crippen molar-refractivity contribution >= 4 is 33.5 Å². The van der Waals surface area contributed by atoms with E-state index in [2.05, 4.69) is 90.6 Å². The van der Waals surface area contributed by atoms with Crippen LogP contribution >= 0.6 is 0 Å². The second-order valence-corrected chi connectivity index (χ2v) is 7.74. The molecule has 144 valence electrons. The molecule has 0 amide bonds. The highest BCUT2D eigenvalue weighted by atomic mass is 16.5. The van der Waals surface area contributed by atoms with Gasteiger partial charge in [-0.1, -0.05) is 66.7 Å². The van der Waals surface area contributed by atoms with E-state index in [1.807, 2.05) is 18.2 Å². The van der Waals surface area contributed by atoms with Gasteiger partial charge in [-0.15, -0.1) is 0 Å². The first-order valence-corrected chi connectivity index (χ1v) is 10.2. The Morgan fingerprint density at radius 3 is 2.47 bits per heavy atom. The highest BCUT2D eigenvalue weighted by Crippen LogP contribution is 2.40. The van der Waals surface area contributed by atoms with Crippen LogP contribution in [0.4, 0.5) is 0 Å². The molecule has 1 aliphatic rings. The zero-order valence-electron chi connectivity index (χ0n) is 16.6. The number of ether oxygens (including phenoxy) is 1. The summed E-state index contributed by atoms with van der Waals surface area (Å²) in [4.78, 5) is 5.14. The van der Waals surface area contributed by atoms with Gasteiger partial charge in [0.1, 0.15) is 5.76 Å². The van der Waals surface area contributed by atoms with Crippen molar-refractivity contribution in [3.63, 3.8) is 0 Å². The molecule has 2 aromatic heterocycles. The highest BCUT2D eigenvalue weighted by molar-refractivity contribution is 6.06. The largest absolute Gasteiger partial charge is 0.479 e. The number of aromatic nitrogens is 2. The van der Waals surface area contributed by atoms with E-state index >= 15 is 0 Å². The number of aryl methyl sites for hydroxylation is 1. The maximum Gasteiger partial charge on any atom is 0.166 e. The number of rotatable bonds is 2. The van der Waals surface area contributed by atoms with Gasteiger partial charge in [-0.3, -0.25) is 0 Å². The minimum Gasteiger partial charge on any atom is -0.479 e. The Balaban J connectivity index is 1.64. The van der Waals surface area contributed by atoms with Gasteiger partial charge < -0.3 is 9.30 Å². The number of fused-ring (bicyclic) bond motifs is 4. The van der Waals surface area contributed by atoms with Gasteiger partial charge in [0.05, 0.1) is 16.9 Å². The number of hydrogen-bond acceptors (Lipinski definition) is 2. The monoisotopic (exact) mass is 388 g/mol. The molecular weight excluding hydrogens is 368 g/mol. The Morgan fingerprint density at radius 1 is 0.833 bits per heavy atom. The third-order valence-corrected chi connectivity index (χ3v) is 5.88. The number of hydrogen-bond donors (Lipinski definition) is 0. The second kappa shape index (κ2) is 6.60. The summed E-state index contributed by atoms with van der Waals surface area (Å²) >= 11 is 0. The molecule has 0 N–H and O–H groups in total. The molecule has 3 aromatic carbocycles. The maximum atomic E-state index is 6.56. The van der Waals surface area contributed by atoms with Gasteiger partial charge in [0.2, 0.25) is 0 Å². The first-order chi connectivity index (χ1) is 14.8. The summed E-state index contributed by atoms with van der Waals surface area (Å²) in [6.07, 6.45) is 3.93. The molecule has 6 rings (SSSR count). The summed E-state index contributed by atoms with van der Waals surface area (Å²) in [5.74, 6) is 0.849. The first kappa shape index (κ1) is 17.0. The quantitative estimate of drug-likeness (QED) is 0.330. The molecule has 30 heavy (non-hydrogen) atoms. The molecule has 5 aromatic rings. The van der Waals surface area contributed by atoms with Crippen LogP contribution in [0.25, 0.3) is 33.5 Å². The SMILES string of the molecule is Cn1cccc1C1OC(c2ccccc2)=Cc2nc3c(ccc4ccccc43)cc21. The van der Waals surface area contributed by atoms with Crippen molar-refractivity contribution in [1.82, 2.24) is 9.55 Å². The van der Waals surface area contributed by atoms with Crippen molar-refractivity contribution in [3.05, 3.63) is 114 Å². The van der Waals surface area contributed by atoms with E-state index in [-0.39, 0.29) is 6.10 Å². The minimum atomic E-state index is -0.205. The summed E-state index contributed by atoms with van der Waals surface area (Å²) in [5, 5.41) is 3.51. The van der Waals surface area contributed by atoms with Gasteiger partial charge in [-0.05, 0) is 23.6 Å². The van der Waals surface area contributed by atoms with Crippen LogP contribution < -0.4 is 0 Å². The molecule has 3 nitrogen and oxygen atoms in total. The average Bonchev–Trinajstić information content (AvgIpc) is 3.23. The molecule has 0 radical (unpaired) electrons. The van der Waals surface area contributed by atoms with E-state index in [9.17, 15) is 0 Å². The van der Waals surface area contributed by atoms with E-state index in [1.165, 1.54) is 10.8 Å². The Hall–Kier alpha value is -3.85. The van der Waals surface area contributed by atoms with E-state index in [1.54, 1.807) is 0 Å². The molecule has 0 aliphatic carbocycles. The smallest absolute Gasteiger partial charge is 0.166 e.